The van der Waals surface area contributed by atoms with Gasteiger partial charge in [-0.25, -0.2) is 12.7 Å². The molecule has 1 aliphatic carbocycles. The van der Waals surface area contributed by atoms with Gasteiger partial charge in [-0.15, -0.1) is 0 Å². The smallest absolute Gasteiger partial charge is 0.207 e. The minimum atomic E-state index is -3.42. The number of benzene rings is 1. The fourth-order valence-electron chi connectivity index (χ4n) is 2.47. The first-order chi connectivity index (χ1) is 8.91. The van der Waals surface area contributed by atoms with Crippen molar-refractivity contribution in [1.29, 1.82) is 0 Å². The van der Waals surface area contributed by atoms with Crippen LogP contribution in [0, 0.1) is 5.92 Å². The minimum Gasteiger partial charge on any atom is -0.207 e. The van der Waals surface area contributed by atoms with Gasteiger partial charge in [-0.2, -0.15) is 0 Å². The van der Waals surface area contributed by atoms with E-state index in [2.05, 4.69) is 15.9 Å². The van der Waals surface area contributed by atoms with E-state index < -0.39 is 10.0 Å². The maximum Gasteiger partial charge on any atom is 0.242 e. The molecule has 2 rings (SSSR count). The average Bonchev–Trinajstić information content (AvgIpc) is 2.85. The monoisotopic (exact) mass is 365 g/mol. The highest BCUT2D eigenvalue weighted by Crippen LogP contribution is 2.29. The average molecular weight is 367 g/mol. The molecule has 106 valence electrons. The molecule has 0 unspecified atom stereocenters. The van der Waals surface area contributed by atoms with E-state index in [1.807, 2.05) is 0 Å². The Kier molecular flexibility index (Phi) is 4.93. The Labute approximate surface area is 128 Å². The summed E-state index contributed by atoms with van der Waals surface area (Å²) < 4.78 is 26.9. The van der Waals surface area contributed by atoms with E-state index in [9.17, 15) is 8.42 Å². The first-order valence-corrected chi connectivity index (χ1v) is 8.94. The summed E-state index contributed by atoms with van der Waals surface area (Å²) in [4.78, 5) is 0.282. The lowest BCUT2D eigenvalue weighted by Crippen LogP contribution is -2.31. The van der Waals surface area contributed by atoms with Gasteiger partial charge in [0.15, 0.2) is 0 Å². The van der Waals surface area contributed by atoms with Crippen molar-refractivity contribution in [2.75, 3.05) is 13.6 Å². The standard InChI is InChI=1S/C13H17BrClNO2S/c1-16(9-10-4-2-3-5-10)19(17,18)11-6-7-13(15)12(14)8-11/h6-8,10H,2-5,9H2,1H3. The third kappa shape index (κ3) is 3.51. The second kappa shape index (κ2) is 6.12. The van der Waals surface area contributed by atoms with Crippen LogP contribution < -0.4 is 0 Å². The maximum absolute atomic E-state index is 12.4. The van der Waals surface area contributed by atoms with Crippen LogP contribution in [0.4, 0.5) is 0 Å². The highest BCUT2D eigenvalue weighted by atomic mass is 79.9. The van der Waals surface area contributed by atoms with Gasteiger partial charge >= 0.3 is 0 Å². The molecular weight excluding hydrogens is 350 g/mol. The van der Waals surface area contributed by atoms with Crippen LogP contribution in [0.25, 0.3) is 0 Å². The van der Waals surface area contributed by atoms with Gasteiger partial charge in [-0.05, 0) is 52.9 Å². The second-order valence-corrected chi connectivity index (χ2v) is 8.32. The van der Waals surface area contributed by atoms with Gasteiger partial charge in [0, 0.05) is 18.1 Å². The van der Waals surface area contributed by atoms with Gasteiger partial charge < -0.3 is 0 Å². The minimum absolute atomic E-state index is 0.282. The van der Waals surface area contributed by atoms with Gasteiger partial charge in [-0.3, -0.25) is 0 Å². The first kappa shape index (κ1) is 15.3. The largest absolute Gasteiger partial charge is 0.242 e. The van der Waals surface area contributed by atoms with Crippen LogP contribution in [0.2, 0.25) is 5.02 Å². The van der Waals surface area contributed by atoms with E-state index in [0.29, 0.717) is 22.0 Å². The molecule has 0 radical (unpaired) electrons. The molecule has 3 nitrogen and oxygen atoms in total. The summed E-state index contributed by atoms with van der Waals surface area (Å²) in [7, 11) is -1.77. The van der Waals surface area contributed by atoms with Crippen molar-refractivity contribution in [3.05, 3.63) is 27.7 Å². The topological polar surface area (TPSA) is 37.4 Å². The normalized spacial score (nSPS) is 17.3. The molecule has 0 bridgehead atoms. The lowest BCUT2D eigenvalue weighted by molar-refractivity contribution is 0.387. The fourth-order valence-corrected chi connectivity index (χ4v) is 4.39. The predicted octanol–water partition coefficient (Wildman–Crippen LogP) is 3.91. The molecule has 1 aromatic rings. The van der Waals surface area contributed by atoms with Gasteiger partial charge in [0.25, 0.3) is 0 Å². The zero-order valence-electron chi connectivity index (χ0n) is 10.8. The highest BCUT2D eigenvalue weighted by Gasteiger charge is 2.25. The molecular formula is C13H17BrClNO2S. The van der Waals surface area contributed by atoms with Crippen LogP contribution in [0.3, 0.4) is 0 Å². The molecule has 1 saturated carbocycles. The molecule has 0 atom stereocenters. The second-order valence-electron chi connectivity index (χ2n) is 5.01. The zero-order valence-corrected chi connectivity index (χ0v) is 13.9. The molecule has 6 heteroatoms. The van der Waals surface area contributed by atoms with E-state index in [-0.39, 0.29) is 4.90 Å². The van der Waals surface area contributed by atoms with Crippen molar-refractivity contribution in [3.8, 4) is 0 Å². The Bertz CT molecular complexity index is 556. The van der Waals surface area contributed by atoms with E-state index in [0.717, 1.165) is 12.8 Å². The summed E-state index contributed by atoms with van der Waals surface area (Å²) >= 11 is 9.15. The van der Waals surface area contributed by atoms with E-state index in [1.165, 1.54) is 17.1 Å². The van der Waals surface area contributed by atoms with Crippen LogP contribution in [0.1, 0.15) is 25.7 Å². The molecule has 0 amide bonds. The molecule has 0 aliphatic heterocycles. The van der Waals surface area contributed by atoms with Gasteiger partial charge in [0.1, 0.15) is 0 Å². The number of sulfonamides is 1. The van der Waals surface area contributed by atoms with Crippen molar-refractivity contribution >= 4 is 37.6 Å². The van der Waals surface area contributed by atoms with E-state index in [4.69, 9.17) is 11.6 Å². The molecule has 0 N–H and O–H groups in total. The summed E-state index contributed by atoms with van der Waals surface area (Å²) in [6.45, 7) is 0.600. The van der Waals surface area contributed by atoms with Gasteiger partial charge in [0.2, 0.25) is 10.0 Å². The Morgan fingerprint density at radius 3 is 2.58 bits per heavy atom. The lowest BCUT2D eigenvalue weighted by atomic mass is 10.1. The van der Waals surface area contributed by atoms with Crippen LogP contribution in [-0.4, -0.2) is 26.3 Å². The fraction of sp³-hybridized carbons (Fsp3) is 0.538. The van der Waals surface area contributed by atoms with Crippen LogP contribution >= 0.6 is 27.5 Å². The number of hydrogen-bond donors (Lipinski definition) is 0. The molecule has 0 heterocycles. The molecule has 0 aromatic heterocycles. The Morgan fingerprint density at radius 2 is 2.00 bits per heavy atom. The highest BCUT2D eigenvalue weighted by molar-refractivity contribution is 9.10. The van der Waals surface area contributed by atoms with Crippen molar-refractivity contribution in [1.82, 2.24) is 4.31 Å². The lowest BCUT2D eigenvalue weighted by Gasteiger charge is -2.21. The van der Waals surface area contributed by atoms with Gasteiger partial charge in [-0.1, -0.05) is 24.4 Å². The summed E-state index contributed by atoms with van der Waals surface area (Å²) in [5.74, 6) is 0.496. The number of hydrogen-bond acceptors (Lipinski definition) is 2. The first-order valence-electron chi connectivity index (χ1n) is 6.32. The predicted molar refractivity (Wildman–Crippen MR) is 80.9 cm³/mol. The quantitative estimate of drug-likeness (QED) is 0.810. The third-order valence-electron chi connectivity index (χ3n) is 3.59. The maximum atomic E-state index is 12.4. The van der Waals surface area contributed by atoms with Crippen molar-refractivity contribution < 1.29 is 8.42 Å². The van der Waals surface area contributed by atoms with Crippen LogP contribution in [-0.2, 0) is 10.0 Å². The summed E-state index contributed by atoms with van der Waals surface area (Å²) in [6.07, 6.45) is 4.68. The number of rotatable bonds is 4. The summed E-state index contributed by atoms with van der Waals surface area (Å²) in [5.41, 5.74) is 0. The Hall–Kier alpha value is -0.100. The molecule has 1 aromatic carbocycles. The molecule has 1 fully saturated rings. The van der Waals surface area contributed by atoms with Crippen LogP contribution in [0.15, 0.2) is 27.6 Å². The SMILES string of the molecule is CN(CC1CCCC1)S(=O)(=O)c1ccc(Cl)c(Br)c1. The number of nitrogens with zero attached hydrogens (tertiary/aromatic N) is 1. The van der Waals surface area contributed by atoms with Crippen molar-refractivity contribution in [2.45, 2.75) is 30.6 Å². The van der Waals surface area contributed by atoms with E-state index >= 15 is 0 Å². The van der Waals surface area contributed by atoms with Crippen molar-refractivity contribution in [3.63, 3.8) is 0 Å². The molecule has 0 spiro atoms. The molecule has 0 saturated heterocycles. The third-order valence-corrected chi connectivity index (χ3v) is 6.62. The zero-order chi connectivity index (χ0) is 14.0. The van der Waals surface area contributed by atoms with E-state index in [1.54, 1.807) is 25.2 Å². The van der Waals surface area contributed by atoms with Crippen LogP contribution in [0.5, 0.6) is 0 Å². The molecule has 19 heavy (non-hydrogen) atoms. The Morgan fingerprint density at radius 1 is 1.37 bits per heavy atom. The van der Waals surface area contributed by atoms with Gasteiger partial charge in [0.05, 0.1) is 9.92 Å². The van der Waals surface area contributed by atoms with Crippen molar-refractivity contribution in [2.24, 2.45) is 5.92 Å². The number of halogens is 2. The summed E-state index contributed by atoms with van der Waals surface area (Å²) in [6, 6.07) is 4.71. The molecule has 1 aliphatic rings. The Balaban J connectivity index is 2.18. The summed E-state index contributed by atoms with van der Waals surface area (Å²) in [5, 5.41) is 0.511.